The van der Waals surface area contributed by atoms with Gasteiger partial charge in [0.05, 0.1) is 4.90 Å². The second kappa shape index (κ2) is 8.04. The first kappa shape index (κ1) is 21.2. The first-order valence-electron chi connectivity index (χ1n) is 11.0. The van der Waals surface area contributed by atoms with Gasteiger partial charge in [-0.2, -0.15) is 4.31 Å². The van der Waals surface area contributed by atoms with E-state index in [0.29, 0.717) is 30.0 Å². The molecule has 5 rings (SSSR count). The highest BCUT2D eigenvalue weighted by molar-refractivity contribution is 7.89. The molecule has 2 heterocycles. The van der Waals surface area contributed by atoms with E-state index in [1.807, 2.05) is 0 Å². The van der Waals surface area contributed by atoms with E-state index < -0.39 is 33.6 Å². The molecule has 9 heteroatoms. The predicted octanol–water partition coefficient (Wildman–Crippen LogP) is 4.05. The number of hydrogen-bond acceptors (Lipinski definition) is 5. The number of halogens is 1. The van der Waals surface area contributed by atoms with Crippen LogP contribution < -0.4 is 14.8 Å². The maximum atomic E-state index is 13.2. The van der Waals surface area contributed by atoms with Gasteiger partial charge in [0.2, 0.25) is 15.9 Å². The molecule has 1 saturated heterocycles. The Kier molecular flexibility index (Phi) is 5.33. The molecule has 32 heavy (non-hydrogen) atoms. The van der Waals surface area contributed by atoms with Gasteiger partial charge in [-0.3, -0.25) is 4.79 Å². The smallest absolute Gasteiger partial charge is 0.251 e. The molecular formula is C23H25FN2O5S. The number of sulfonamides is 1. The third-order valence-corrected chi connectivity index (χ3v) is 8.27. The number of anilines is 1. The van der Waals surface area contributed by atoms with Crippen LogP contribution in [0.5, 0.6) is 11.5 Å². The van der Waals surface area contributed by atoms with Crippen molar-refractivity contribution in [3.8, 4) is 11.5 Å². The Morgan fingerprint density at radius 3 is 2.47 bits per heavy atom. The number of hydrogen-bond donors (Lipinski definition) is 1. The molecular weight excluding hydrogens is 435 g/mol. The molecule has 2 fully saturated rings. The number of nitrogens with one attached hydrogen (secondary N) is 1. The van der Waals surface area contributed by atoms with Gasteiger partial charge < -0.3 is 14.8 Å². The lowest BCUT2D eigenvalue weighted by Gasteiger charge is -2.31. The summed E-state index contributed by atoms with van der Waals surface area (Å²) in [6.45, 7) is 0.238. The second-order valence-corrected chi connectivity index (χ2v) is 10.4. The number of ether oxygens (including phenoxy) is 2. The van der Waals surface area contributed by atoms with Gasteiger partial charge in [0.1, 0.15) is 11.9 Å². The zero-order valence-corrected chi connectivity index (χ0v) is 18.4. The molecule has 0 bridgehead atoms. The summed E-state index contributed by atoms with van der Waals surface area (Å²) >= 11 is 0. The molecule has 0 aromatic heterocycles. The fourth-order valence-electron chi connectivity index (χ4n) is 4.72. The van der Waals surface area contributed by atoms with Crippen LogP contribution in [0.2, 0.25) is 0 Å². The quantitative estimate of drug-likeness (QED) is 0.744. The van der Waals surface area contributed by atoms with Gasteiger partial charge in [-0.05, 0) is 62.1 Å². The van der Waals surface area contributed by atoms with E-state index in [1.54, 1.807) is 18.2 Å². The lowest BCUT2D eigenvalue weighted by molar-refractivity contribution is -0.119. The summed E-state index contributed by atoms with van der Waals surface area (Å²) in [6.07, 6.45) is 5.94. The molecule has 1 saturated carbocycles. The van der Waals surface area contributed by atoms with Gasteiger partial charge in [-0.15, -0.1) is 0 Å². The monoisotopic (exact) mass is 460 g/mol. The number of fused-ring (bicyclic) bond motifs is 1. The van der Waals surface area contributed by atoms with Crippen LogP contribution in [0.3, 0.4) is 0 Å². The molecule has 1 spiro atoms. The van der Waals surface area contributed by atoms with E-state index in [2.05, 4.69) is 5.32 Å². The summed E-state index contributed by atoms with van der Waals surface area (Å²) in [5, 5.41) is 2.83. The minimum absolute atomic E-state index is 0.0283. The molecule has 170 valence electrons. The molecule has 1 amide bonds. The van der Waals surface area contributed by atoms with Gasteiger partial charge >= 0.3 is 0 Å². The fourth-order valence-corrected chi connectivity index (χ4v) is 6.38. The van der Waals surface area contributed by atoms with Crippen LogP contribution in [0.4, 0.5) is 10.1 Å². The Bertz CT molecular complexity index is 1130. The van der Waals surface area contributed by atoms with Crippen molar-refractivity contribution < 1.29 is 27.1 Å². The minimum Gasteiger partial charge on any atom is -0.448 e. The number of rotatable bonds is 4. The predicted molar refractivity (Wildman–Crippen MR) is 115 cm³/mol. The minimum atomic E-state index is -3.91. The Morgan fingerprint density at radius 1 is 1.00 bits per heavy atom. The third kappa shape index (κ3) is 3.84. The van der Waals surface area contributed by atoms with E-state index in [9.17, 15) is 17.6 Å². The molecule has 2 aliphatic heterocycles. The zero-order valence-electron chi connectivity index (χ0n) is 17.6. The lowest BCUT2D eigenvalue weighted by Crippen LogP contribution is -2.43. The van der Waals surface area contributed by atoms with Crippen molar-refractivity contribution in [2.45, 2.75) is 61.7 Å². The molecule has 3 aliphatic rings. The molecule has 1 aliphatic carbocycles. The summed E-state index contributed by atoms with van der Waals surface area (Å²) in [5.41, 5.74) is 0.524. The van der Waals surface area contributed by atoms with Gasteiger partial charge in [0.15, 0.2) is 11.5 Å². The maximum Gasteiger partial charge on any atom is 0.251 e. The average Bonchev–Trinajstić information content (AvgIpc) is 3.40. The number of nitrogens with zero attached hydrogens (tertiary/aromatic N) is 1. The average molecular weight is 461 g/mol. The van der Waals surface area contributed by atoms with Crippen molar-refractivity contribution in [2.75, 3.05) is 11.9 Å². The fraction of sp³-hybridized carbons (Fsp3) is 0.435. The van der Waals surface area contributed by atoms with E-state index in [0.717, 1.165) is 37.8 Å². The highest BCUT2D eigenvalue weighted by Gasteiger charge is 2.43. The van der Waals surface area contributed by atoms with Crippen LogP contribution >= 0.6 is 0 Å². The second-order valence-electron chi connectivity index (χ2n) is 8.55. The molecule has 0 radical (unpaired) electrons. The molecule has 1 N–H and O–H groups in total. The van der Waals surface area contributed by atoms with Crippen LogP contribution in [0.1, 0.15) is 44.9 Å². The van der Waals surface area contributed by atoms with Crippen LogP contribution in [-0.2, 0) is 14.8 Å². The summed E-state index contributed by atoms with van der Waals surface area (Å²) in [7, 11) is -3.91. The highest BCUT2D eigenvalue weighted by Crippen LogP contribution is 2.46. The molecule has 2 aromatic rings. The van der Waals surface area contributed by atoms with E-state index in [-0.39, 0.29) is 11.4 Å². The summed E-state index contributed by atoms with van der Waals surface area (Å²) < 4.78 is 52.6. The standard InChI is InChI=1S/C23H25FN2O5S/c24-16-6-9-18(10-7-16)32(28,29)26-14-4-5-19(26)22(27)25-17-8-11-20-21(15-17)31-23(30-20)12-2-1-3-13-23/h6-11,15,19H,1-5,12-14H2,(H,25,27). The van der Waals surface area contributed by atoms with E-state index in [1.165, 1.54) is 22.9 Å². The Labute approximate surface area is 186 Å². The first-order valence-corrected chi connectivity index (χ1v) is 12.4. The number of carbonyl (C=O) groups is 1. The largest absolute Gasteiger partial charge is 0.448 e. The van der Waals surface area contributed by atoms with Crippen molar-refractivity contribution >= 4 is 21.6 Å². The maximum absolute atomic E-state index is 13.2. The van der Waals surface area contributed by atoms with Crippen LogP contribution in [0.15, 0.2) is 47.4 Å². The zero-order chi connectivity index (χ0) is 22.3. The first-order chi connectivity index (χ1) is 15.4. The van der Waals surface area contributed by atoms with E-state index >= 15 is 0 Å². The topological polar surface area (TPSA) is 84.9 Å². The third-order valence-electron chi connectivity index (χ3n) is 6.35. The van der Waals surface area contributed by atoms with Gasteiger partial charge in [-0.25, -0.2) is 12.8 Å². The van der Waals surface area contributed by atoms with Crippen molar-refractivity contribution in [1.29, 1.82) is 0 Å². The number of benzene rings is 2. The van der Waals surface area contributed by atoms with Gasteiger partial charge in [0.25, 0.3) is 5.79 Å². The SMILES string of the molecule is O=C(Nc1ccc2c(c1)OC1(CCCCC1)O2)C1CCCN1S(=O)(=O)c1ccc(F)cc1. The Hall–Kier alpha value is -2.65. The highest BCUT2D eigenvalue weighted by atomic mass is 32.2. The Balaban J connectivity index is 1.31. The summed E-state index contributed by atoms with van der Waals surface area (Å²) in [4.78, 5) is 13.0. The number of amides is 1. The van der Waals surface area contributed by atoms with Crippen LogP contribution in [-0.4, -0.2) is 37.0 Å². The molecule has 1 unspecified atom stereocenters. The number of carbonyl (C=O) groups excluding carboxylic acids is 1. The van der Waals surface area contributed by atoms with Gasteiger partial charge in [-0.1, -0.05) is 6.42 Å². The molecule has 2 aromatic carbocycles. The molecule has 7 nitrogen and oxygen atoms in total. The van der Waals surface area contributed by atoms with Crippen molar-refractivity contribution in [1.82, 2.24) is 4.31 Å². The van der Waals surface area contributed by atoms with E-state index in [4.69, 9.17) is 9.47 Å². The summed E-state index contributed by atoms with van der Waals surface area (Å²) in [5.74, 6) is -0.274. The normalized spacial score (nSPS) is 22.2. The van der Waals surface area contributed by atoms with Crippen LogP contribution in [0, 0.1) is 5.82 Å². The van der Waals surface area contributed by atoms with Crippen molar-refractivity contribution in [3.63, 3.8) is 0 Å². The summed E-state index contributed by atoms with van der Waals surface area (Å²) in [6, 6.07) is 9.04. The van der Waals surface area contributed by atoms with Crippen molar-refractivity contribution in [3.05, 3.63) is 48.3 Å². The lowest BCUT2D eigenvalue weighted by atomic mass is 9.94. The van der Waals surface area contributed by atoms with Gasteiger partial charge in [0, 0.05) is 31.1 Å². The van der Waals surface area contributed by atoms with Crippen molar-refractivity contribution in [2.24, 2.45) is 0 Å². The molecule has 1 atom stereocenters. The Morgan fingerprint density at radius 2 is 1.72 bits per heavy atom. The van der Waals surface area contributed by atoms with Crippen LogP contribution in [0.25, 0.3) is 0 Å².